The number of rotatable bonds is 4. The highest BCUT2D eigenvalue weighted by atomic mass is 32.2. The maximum absolute atomic E-state index is 5.83. The standard InChI is InChI=1S/C14H22OS/c1-9(2)15-14-11(5)7-13(8-12(14)6)16-10(3)4/h7-10H,1-6H3. The van der Waals surface area contributed by atoms with E-state index in [0.29, 0.717) is 5.25 Å². The molecule has 0 aliphatic rings. The zero-order chi connectivity index (χ0) is 12.3. The molecule has 1 aromatic rings. The van der Waals surface area contributed by atoms with Crippen LogP contribution in [-0.4, -0.2) is 11.4 Å². The number of aryl methyl sites for hydroxylation is 2. The Labute approximate surface area is 104 Å². The van der Waals surface area contributed by atoms with Gasteiger partial charge in [-0.3, -0.25) is 0 Å². The summed E-state index contributed by atoms with van der Waals surface area (Å²) in [5, 5.41) is 0.621. The van der Waals surface area contributed by atoms with Crippen molar-refractivity contribution in [1.82, 2.24) is 0 Å². The largest absolute Gasteiger partial charge is 0.490 e. The Morgan fingerprint density at radius 3 is 1.88 bits per heavy atom. The van der Waals surface area contributed by atoms with Crippen LogP contribution in [0.25, 0.3) is 0 Å². The van der Waals surface area contributed by atoms with E-state index in [1.807, 2.05) is 11.8 Å². The second-order valence-electron chi connectivity index (χ2n) is 4.72. The fourth-order valence-corrected chi connectivity index (χ4v) is 2.71. The summed E-state index contributed by atoms with van der Waals surface area (Å²) in [6.45, 7) is 12.8. The normalized spacial score (nSPS) is 11.2. The van der Waals surface area contributed by atoms with Crippen molar-refractivity contribution in [1.29, 1.82) is 0 Å². The van der Waals surface area contributed by atoms with Gasteiger partial charge in [-0.1, -0.05) is 13.8 Å². The van der Waals surface area contributed by atoms with Crippen LogP contribution < -0.4 is 4.74 Å². The molecular formula is C14H22OS. The first-order chi connectivity index (χ1) is 7.40. The van der Waals surface area contributed by atoms with Crippen molar-refractivity contribution >= 4 is 11.8 Å². The highest BCUT2D eigenvalue weighted by Gasteiger charge is 2.09. The molecule has 90 valence electrons. The third-order valence-corrected chi connectivity index (χ3v) is 3.14. The predicted octanol–water partition coefficient (Wildman–Crippen LogP) is 4.59. The van der Waals surface area contributed by atoms with Gasteiger partial charge >= 0.3 is 0 Å². The fraction of sp³-hybridized carbons (Fsp3) is 0.571. The Morgan fingerprint density at radius 1 is 1.00 bits per heavy atom. The second kappa shape index (κ2) is 5.62. The van der Waals surface area contributed by atoms with Crippen molar-refractivity contribution in [3.63, 3.8) is 0 Å². The summed E-state index contributed by atoms with van der Waals surface area (Å²) in [5.41, 5.74) is 2.47. The number of thioether (sulfide) groups is 1. The van der Waals surface area contributed by atoms with Gasteiger partial charge < -0.3 is 4.74 Å². The third-order valence-electron chi connectivity index (χ3n) is 2.16. The highest BCUT2D eigenvalue weighted by molar-refractivity contribution is 7.99. The average molecular weight is 238 g/mol. The van der Waals surface area contributed by atoms with E-state index in [-0.39, 0.29) is 6.10 Å². The highest BCUT2D eigenvalue weighted by Crippen LogP contribution is 2.31. The number of hydrogen-bond donors (Lipinski definition) is 0. The molecule has 0 N–H and O–H groups in total. The molecular weight excluding hydrogens is 216 g/mol. The Morgan fingerprint density at radius 2 is 1.50 bits per heavy atom. The predicted molar refractivity (Wildman–Crippen MR) is 72.7 cm³/mol. The van der Waals surface area contributed by atoms with Crippen LogP contribution in [0.15, 0.2) is 17.0 Å². The molecule has 0 fully saturated rings. The van der Waals surface area contributed by atoms with Crippen LogP contribution in [0.4, 0.5) is 0 Å². The SMILES string of the molecule is Cc1cc(SC(C)C)cc(C)c1OC(C)C. The van der Waals surface area contributed by atoms with Gasteiger partial charge in [0.05, 0.1) is 6.10 Å². The minimum atomic E-state index is 0.237. The van der Waals surface area contributed by atoms with Crippen LogP contribution in [0.2, 0.25) is 0 Å². The molecule has 0 radical (unpaired) electrons. The van der Waals surface area contributed by atoms with Crippen molar-refractivity contribution < 1.29 is 4.74 Å². The lowest BCUT2D eigenvalue weighted by molar-refractivity contribution is 0.239. The van der Waals surface area contributed by atoms with Crippen LogP contribution >= 0.6 is 11.8 Å². The van der Waals surface area contributed by atoms with Gasteiger partial charge in [0.1, 0.15) is 5.75 Å². The van der Waals surface area contributed by atoms with E-state index >= 15 is 0 Å². The van der Waals surface area contributed by atoms with Crippen molar-refractivity contribution in [2.45, 2.75) is 57.8 Å². The summed E-state index contributed by atoms with van der Waals surface area (Å²) in [6.07, 6.45) is 0.237. The lowest BCUT2D eigenvalue weighted by Crippen LogP contribution is -2.08. The molecule has 0 aliphatic heterocycles. The van der Waals surface area contributed by atoms with Crippen LogP contribution in [0.3, 0.4) is 0 Å². The number of hydrogen-bond acceptors (Lipinski definition) is 2. The average Bonchev–Trinajstić information content (AvgIpc) is 2.10. The lowest BCUT2D eigenvalue weighted by atomic mass is 10.1. The minimum Gasteiger partial charge on any atom is -0.490 e. The van der Waals surface area contributed by atoms with Gasteiger partial charge in [0, 0.05) is 10.1 Å². The maximum atomic E-state index is 5.83. The topological polar surface area (TPSA) is 9.23 Å². The van der Waals surface area contributed by atoms with E-state index in [1.165, 1.54) is 16.0 Å². The third kappa shape index (κ3) is 3.75. The van der Waals surface area contributed by atoms with Gasteiger partial charge in [-0.2, -0.15) is 0 Å². The zero-order valence-electron chi connectivity index (χ0n) is 11.1. The molecule has 0 saturated carbocycles. The number of benzene rings is 1. The molecule has 0 aliphatic carbocycles. The summed E-state index contributed by atoms with van der Waals surface area (Å²) >= 11 is 1.90. The van der Waals surface area contributed by atoms with Crippen LogP contribution in [0, 0.1) is 13.8 Å². The molecule has 1 aromatic carbocycles. The maximum Gasteiger partial charge on any atom is 0.125 e. The van der Waals surface area contributed by atoms with Crippen molar-refractivity contribution in [2.24, 2.45) is 0 Å². The first kappa shape index (κ1) is 13.4. The van der Waals surface area contributed by atoms with Crippen LogP contribution in [-0.2, 0) is 0 Å². The Bertz CT molecular complexity index is 333. The van der Waals surface area contributed by atoms with Gasteiger partial charge in [0.25, 0.3) is 0 Å². The van der Waals surface area contributed by atoms with E-state index in [1.54, 1.807) is 0 Å². The molecule has 1 rings (SSSR count). The Kier molecular flexibility index (Phi) is 4.72. The summed E-state index contributed by atoms with van der Waals surface area (Å²) in [5.74, 6) is 1.04. The smallest absolute Gasteiger partial charge is 0.125 e. The lowest BCUT2D eigenvalue weighted by Gasteiger charge is -2.17. The fourth-order valence-electron chi connectivity index (χ4n) is 1.67. The molecule has 2 heteroatoms. The van der Waals surface area contributed by atoms with Gasteiger partial charge in [-0.25, -0.2) is 0 Å². The molecule has 0 bridgehead atoms. The quantitative estimate of drug-likeness (QED) is 0.709. The minimum absolute atomic E-state index is 0.237. The summed E-state index contributed by atoms with van der Waals surface area (Å²) < 4.78 is 5.83. The van der Waals surface area contributed by atoms with Crippen molar-refractivity contribution in [2.75, 3.05) is 0 Å². The monoisotopic (exact) mass is 238 g/mol. The van der Waals surface area contributed by atoms with E-state index < -0.39 is 0 Å². The molecule has 1 nitrogen and oxygen atoms in total. The zero-order valence-corrected chi connectivity index (χ0v) is 11.9. The molecule has 0 heterocycles. The van der Waals surface area contributed by atoms with Gasteiger partial charge in [0.15, 0.2) is 0 Å². The molecule has 0 atom stereocenters. The van der Waals surface area contributed by atoms with Crippen molar-refractivity contribution in [3.8, 4) is 5.75 Å². The van der Waals surface area contributed by atoms with Crippen LogP contribution in [0.1, 0.15) is 38.8 Å². The van der Waals surface area contributed by atoms with Crippen molar-refractivity contribution in [3.05, 3.63) is 23.3 Å². The van der Waals surface area contributed by atoms with E-state index in [2.05, 4.69) is 53.7 Å². The van der Waals surface area contributed by atoms with Crippen LogP contribution in [0.5, 0.6) is 5.75 Å². The van der Waals surface area contributed by atoms with Gasteiger partial charge in [-0.05, 0) is 51.0 Å². The Balaban J connectivity index is 2.98. The molecule has 0 aromatic heterocycles. The van der Waals surface area contributed by atoms with E-state index in [0.717, 1.165) is 5.75 Å². The molecule has 0 saturated heterocycles. The second-order valence-corrected chi connectivity index (χ2v) is 6.37. The summed E-state index contributed by atoms with van der Waals surface area (Å²) in [7, 11) is 0. The number of ether oxygens (including phenoxy) is 1. The Hall–Kier alpha value is -0.630. The summed E-state index contributed by atoms with van der Waals surface area (Å²) in [6, 6.07) is 4.44. The van der Waals surface area contributed by atoms with E-state index in [9.17, 15) is 0 Å². The summed E-state index contributed by atoms with van der Waals surface area (Å²) in [4.78, 5) is 1.33. The molecule has 0 unspecified atom stereocenters. The molecule has 16 heavy (non-hydrogen) atoms. The first-order valence-corrected chi connectivity index (χ1v) is 6.72. The van der Waals surface area contributed by atoms with E-state index in [4.69, 9.17) is 4.74 Å². The first-order valence-electron chi connectivity index (χ1n) is 5.84. The van der Waals surface area contributed by atoms with Gasteiger partial charge in [0.2, 0.25) is 0 Å². The molecule has 0 spiro atoms. The van der Waals surface area contributed by atoms with Gasteiger partial charge in [-0.15, -0.1) is 11.8 Å². The molecule has 0 amide bonds.